The van der Waals surface area contributed by atoms with Gasteiger partial charge >= 0.3 is 0 Å². The summed E-state index contributed by atoms with van der Waals surface area (Å²) in [5.74, 6) is 1.26. The van der Waals surface area contributed by atoms with Gasteiger partial charge < -0.3 is 10.5 Å². The molecule has 0 aliphatic carbocycles. The molecule has 78 valence electrons. The van der Waals surface area contributed by atoms with Crippen LogP contribution in [-0.4, -0.2) is 17.1 Å². The normalized spacial score (nSPS) is 12.4. The van der Waals surface area contributed by atoms with Crippen LogP contribution < -0.4 is 10.5 Å². The van der Waals surface area contributed by atoms with Crippen molar-refractivity contribution in [2.24, 2.45) is 0 Å². The second-order valence-electron chi connectivity index (χ2n) is 2.95. The van der Waals surface area contributed by atoms with E-state index in [1.807, 2.05) is 6.92 Å². The van der Waals surface area contributed by atoms with E-state index in [2.05, 4.69) is 0 Å². The van der Waals surface area contributed by atoms with Crippen molar-refractivity contribution >= 4 is 16.5 Å². The van der Waals surface area contributed by atoms with E-state index in [0.717, 1.165) is 11.3 Å². The van der Waals surface area contributed by atoms with Gasteiger partial charge in [0.15, 0.2) is 0 Å². The fourth-order valence-corrected chi connectivity index (χ4v) is 2.20. The molecule has 0 amide bonds. The highest BCUT2D eigenvalue weighted by Crippen LogP contribution is 2.24. The van der Waals surface area contributed by atoms with Crippen LogP contribution in [-0.2, 0) is 10.8 Å². The van der Waals surface area contributed by atoms with E-state index in [4.69, 9.17) is 10.5 Å². The number of benzene rings is 1. The van der Waals surface area contributed by atoms with Crippen molar-refractivity contribution in [1.29, 1.82) is 0 Å². The van der Waals surface area contributed by atoms with Crippen molar-refractivity contribution < 1.29 is 8.95 Å². The molecule has 2 N–H and O–H groups in total. The summed E-state index contributed by atoms with van der Waals surface area (Å²) in [6.07, 6.45) is 0.902. The van der Waals surface area contributed by atoms with Gasteiger partial charge in [-0.2, -0.15) is 0 Å². The molecule has 1 unspecified atom stereocenters. The lowest BCUT2D eigenvalue weighted by Gasteiger charge is -2.06. The quantitative estimate of drug-likeness (QED) is 0.776. The summed E-state index contributed by atoms with van der Waals surface area (Å²) in [6.45, 7) is 2.01. The van der Waals surface area contributed by atoms with Crippen molar-refractivity contribution in [2.75, 3.05) is 18.6 Å². The first-order valence-corrected chi connectivity index (χ1v) is 5.82. The molecule has 0 bridgehead atoms. The molecule has 0 saturated heterocycles. The Labute approximate surface area is 86.7 Å². The van der Waals surface area contributed by atoms with Gasteiger partial charge in [0.2, 0.25) is 0 Å². The largest absolute Gasteiger partial charge is 0.495 e. The minimum absolute atomic E-state index is 0.574. The Hall–Kier alpha value is -1.03. The molecule has 1 aromatic rings. The lowest BCUT2D eigenvalue weighted by molar-refractivity contribution is 0.416. The maximum Gasteiger partial charge on any atom is 0.142 e. The number of anilines is 1. The fraction of sp³-hybridized carbons (Fsp3) is 0.400. The number of ether oxygens (including phenoxy) is 1. The Morgan fingerprint density at radius 1 is 1.50 bits per heavy atom. The first-order valence-electron chi connectivity index (χ1n) is 4.51. The van der Waals surface area contributed by atoms with Crippen molar-refractivity contribution in [3.8, 4) is 5.75 Å². The predicted molar refractivity (Wildman–Crippen MR) is 59.0 cm³/mol. The Kier molecular flexibility index (Phi) is 3.95. The van der Waals surface area contributed by atoms with Crippen molar-refractivity contribution in [1.82, 2.24) is 0 Å². The van der Waals surface area contributed by atoms with E-state index >= 15 is 0 Å². The van der Waals surface area contributed by atoms with Crippen LogP contribution in [0.3, 0.4) is 0 Å². The molecular weight excluding hydrogens is 198 g/mol. The summed E-state index contributed by atoms with van der Waals surface area (Å²) in [4.78, 5) is 0.776. The predicted octanol–water partition coefficient (Wildman–Crippen LogP) is 1.79. The second kappa shape index (κ2) is 5.00. The van der Waals surface area contributed by atoms with Gasteiger partial charge in [-0.15, -0.1) is 0 Å². The van der Waals surface area contributed by atoms with Gasteiger partial charge in [-0.05, 0) is 24.6 Å². The van der Waals surface area contributed by atoms with Crippen LogP contribution in [0.4, 0.5) is 5.69 Å². The van der Waals surface area contributed by atoms with Gasteiger partial charge in [0.05, 0.1) is 23.6 Å². The number of hydrogen-bond donors (Lipinski definition) is 1. The fourth-order valence-electron chi connectivity index (χ4n) is 1.14. The molecule has 0 radical (unpaired) electrons. The average molecular weight is 213 g/mol. The molecule has 0 aromatic heterocycles. The van der Waals surface area contributed by atoms with Gasteiger partial charge in [0.1, 0.15) is 5.75 Å². The molecule has 0 aliphatic heterocycles. The molecule has 1 rings (SSSR count). The molecule has 1 aromatic carbocycles. The lowest BCUT2D eigenvalue weighted by atomic mass is 10.3. The molecule has 0 saturated carbocycles. The van der Waals surface area contributed by atoms with E-state index in [9.17, 15) is 4.21 Å². The van der Waals surface area contributed by atoms with Gasteiger partial charge in [-0.25, -0.2) is 0 Å². The van der Waals surface area contributed by atoms with Gasteiger partial charge in [0.25, 0.3) is 0 Å². The zero-order chi connectivity index (χ0) is 10.6. The Morgan fingerprint density at radius 3 is 2.79 bits per heavy atom. The minimum Gasteiger partial charge on any atom is -0.495 e. The summed E-state index contributed by atoms with van der Waals surface area (Å²) >= 11 is 0. The number of nitrogens with two attached hydrogens (primary N) is 1. The van der Waals surface area contributed by atoms with Gasteiger partial charge in [0, 0.05) is 10.6 Å². The Balaban J connectivity index is 2.94. The zero-order valence-electron chi connectivity index (χ0n) is 8.45. The Morgan fingerprint density at radius 2 is 2.21 bits per heavy atom. The van der Waals surface area contributed by atoms with Crippen molar-refractivity contribution in [2.45, 2.75) is 18.2 Å². The number of nitrogen functional groups attached to an aromatic ring is 1. The smallest absolute Gasteiger partial charge is 0.142 e. The van der Waals surface area contributed by atoms with Crippen LogP contribution in [0.2, 0.25) is 0 Å². The summed E-state index contributed by atoms with van der Waals surface area (Å²) < 4.78 is 16.7. The van der Waals surface area contributed by atoms with Gasteiger partial charge in [-0.3, -0.25) is 4.21 Å². The summed E-state index contributed by atoms with van der Waals surface area (Å²) in [6, 6.07) is 5.24. The first-order chi connectivity index (χ1) is 6.69. The standard InChI is InChI=1S/C10H15NO2S/c1-3-6-14(12)8-4-5-9(11)10(7-8)13-2/h4-5,7H,3,6,11H2,1-2H3. The van der Waals surface area contributed by atoms with Crippen LogP contribution >= 0.6 is 0 Å². The van der Waals surface area contributed by atoms with E-state index < -0.39 is 10.8 Å². The maximum absolute atomic E-state index is 11.6. The molecule has 4 heteroatoms. The van der Waals surface area contributed by atoms with E-state index in [1.165, 1.54) is 0 Å². The van der Waals surface area contributed by atoms with Crippen LogP contribution in [0.15, 0.2) is 23.1 Å². The average Bonchev–Trinajstić information content (AvgIpc) is 2.19. The van der Waals surface area contributed by atoms with E-state index in [-0.39, 0.29) is 0 Å². The zero-order valence-corrected chi connectivity index (χ0v) is 9.26. The van der Waals surface area contributed by atoms with Crippen LogP contribution in [0.25, 0.3) is 0 Å². The summed E-state index contributed by atoms with van der Waals surface area (Å²) in [7, 11) is 0.615. The number of hydrogen-bond acceptors (Lipinski definition) is 3. The monoisotopic (exact) mass is 213 g/mol. The van der Waals surface area contributed by atoms with E-state index in [1.54, 1.807) is 25.3 Å². The van der Waals surface area contributed by atoms with E-state index in [0.29, 0.717) is 17.2 Å². The third-order valence-corrected chi connectivity index (χ3v) is 3.42. The SMILES string of the molecule is CCCS(=O)c1ccc(N)c(OC)c1. The van der Waals surface area contributed by atoms with Crippen LogP contribution in [0, 0.1) is 0 Å². The molecule has 1 atom stereocenters. The highest BCUT2D eigenvalue weighted by molar-refractivity contribution is 7.85. The molecule has 0 spiro atoms. The molecule has 3 nitrogen and oxygen atoms in total. The number of rotatable bonds is 4. The molecule has 0 aliphatic rings. The number of methoxy groups -OCH3 is 1. The molecule has 0 fully saturated rings. The first kappa shape index (κ1) is 11.0. The topological polar surface area (TPSA) is 52.3 Å². The van der Waals surface area contributed by atoms with Crippen molar-refractivity contribution in [3.05, 3.63) is 18.2 Å². The third kappa shape index (κ3) is 2.48. The molecular formula is C10H15NO2S. The summed E-state index contributed by atoms with van der Waals surface area (Å²) in [5.41, 5.74) is 6.22. The molecule has 0 heterocycles. The molecule has 14 heavy (non-hydrogen) atoms. The Bertz CT molecular complexity index is 339. The van der Waals surface area contributed by atoms with Crippen LogP contribution in [0.5, 0.6) is 5.75 Å². The van der Waals surface area contributed by atoms with Gasteiger partial charge in [-0.1, -0.05) is 6.92 Å². The minimum atomic E-state index is -0.939. The van der Waals surface area contributed by atoms with Crippen molar-refractivity contribution in [3.63, 3.8) is 0 Å². The van der Waals surface area contributed by atoms with Crippen LogP contribution in [0.1, 0.15) is 13.3 Å². The third-order valence-electron chi connectivity index (χ3n) is 1.86. The highest BCUT2D eigenvalue weighted by atomic mass is 32.2. The maximum atomic E-state index is 11.6. The lowest BCUT2D eigenvalue weighted by Crippen LogP contribution is -1.99. The summed E-state index contributed by atoms with van der Waals surface area (Å²) in [5, 5.41) is 0. The highest BCUT2D eigenvalue weighted by Gasteiger charge is 2.06. The second-order valence-corrected chi connectivity index (χ2v) is 4.52.